The number of esters is 1. The van der Waals surface area contributed by atoms with Crippen molar-refractivity contribution in [2.75, 3.05) is 7.11 Å². The van der Waals surface area contributed by atoms with Crippen LogP contribution in [0.2, 0.25) is 0 Å². The fraction of sp³-hybridized carbons (Fsp3) is 0.417. The van der Waals surface area contributed by atoms with E-state index in [1.165, 1.54) is 14.0 Å². The first-order valence-corrected chi connectivity index (χ1v) is 10.3. The van der Waals surface area contributed by atoms with Crippen molar-refractivity contribution in [3.63, 3.8) is 0 Å². The van der Waals surface area contributed by atoms with Crippen LogP contribution in [-0.4, -0.2) is 49.6 Å². The molecule has 2 aliphatic heterocycles. The zero-order valence-corrected chi connectivity index (χ0v) is 17.9. The number of nitrogens with zero attached hydrogens (tertiary/aromatic N) is 1. The summed E-state index contributed by atoms with van der Waals surface area (Å²) in [6, 6.07) is 21.1. The van der Waals surface area contributed by atoms with Gasteiger partial charge in [-0.25, -0.2) is 4.79 Å². The summed E-state index contributed by atoms with van der Waals surface area (Å²) in [6.45, 7) is 1.97. The van der Waals surface area contributed by atoms with Crippen LogP contribution in [0.1, 0.15) is 18.1 Å². The number of nitriles is 1. The molecule has 2 heterocycles. The lowest BCUT2D eigenvalue weighted by Gasteiger charge is -2.41. The Morgan fingerprint density at radius 2 is 1.53 bits per heavy atom. The maximum atomic E-state index is 12.6. The molecule has 0 aliphatic carbocycles. The molecule has 0 saturated carbocycles. The zero-order chi connectivity index (χ0) is 22.6. The quantitative estimate of drug-likeness (QED) is 0.608. The maximum Gasteiger partial charge on any atom is 0.337 e. The molecule has 0 bridgehead atoms. The summed E-state index contributed by atoms with van der Waals surface area (Å²) < 4.78 is 34.7. The fourth-order valence-corrected chi connectivity index (χ4v) is 3.80. The number of rotatable bonds is 7. The van der Waals surface area contributed by atoms with Crippen molar-refractivity contribution in [1.82, 2.24) is 0 Å². The molecule has 32 heavy (non-hydrogen) atoms. The molecule has 8 nitrogen and oxygen atoms in total. The first-order valence-electron chi connectivity index (χ1n) is 10.3. The van der Waals surface area contributed by atoms with Gasteiger partial charge in [-0.2, -0.15) is 5.26 Å². The lowest BCUT2D eigenvalue weighted by molar-refractivity contribution is -0.270. The van der Waals surface area contributed by atoms with Gasteiger partial charge in [-0.05, 0) is 11.1 Å². The second kappa shape index (κ2) is 9.77. The molecule has 0 aromatic heterocycles. The molecular weight excluding hydrogens is 414 g/mol. The molecule has 8 heteroatoms. The van der Waals surface area contributed by atoms with Crippen LogP contribution < -0.4 is 0 Å². The van der Waals surface area contributed by atoms with Gasteiger partial charge in [0, 0.05) is 6.92 Å². The van der Waals surface area contributed by atoms with Gasteiger partial charge in [0.1, 0.15) is 24.4 Å². The number of ether oxygens (including phenoxy) is 6. The van der Waals surface area contributed by atoms with E-state index in [1.807, 2.05) is 66.7 Å². The summed E-state index contributed by atoms with van der Waals surface area (Å²) in [5.41, 5.74) is 1.86. The molecule has 2 aromatic rings. The summed E-state index contributed by atoms with van der Waals surface area (Å²) in [7, 11) is 1.28. The molecule has 1 unspecified atom stereocenters. The molecule has 0 radical (unpaired) electrons. The van der Waals surface area contributed by atoms with Crippen molar-refractivity contribution < 1.29 is 33.2 Å². The number of hydrogen-bond donors (Lipinski definition) is 0. The number of benzene rings is 2. The molecule has 168 valence electrons. The van der Waals surface area contributed by atoms with Crippen molar-refractivity contribution >= 4 is 5.97 Å². The van der Waals surface area contributed by atoms with E-state index in [0.29, 0.717) is 0 Å². The van der Waals surface area contributed by atoms with Crippen molar-refractivity contribution in [3.8, 4) is 6.07 Å². The number of hydrogen-bond acceptors (Lipinski definition) is 8. The smallest absolute Gasteiger partial charge is 0.337 e. The Morgan fingerprint density at radius 1 is 0.969 bits per heavy atom. The standard InChI is InChI=1S/C24H25NO7/c1-24(15-25)31-21-19(29-14-17-11-7-4-8-12-17)18(28-13-16-9-5-3-6-10-16)20(22(26)27-2)30-23(21)32-24/h3-12,18-21,23H,13-14H2,1-2H3/t18-,19-,20-,21+,23+,24?/m0/s1. The van der Waals surface area contributed by atoms with E-state index < -0.39 is 42.5 Å². The first-order chi connectivity index (χ1) is 15.5. The van der Waals surface area contributed by atoms with Gasteiger partial charge in [-0.3, -0.25) is 0 Å². The van der Waals surface area contributed by atoms with Crippen LogP contribution in [-0.2, 0) is 46.4 Å². The number of carbonyl (C=O) groups excluding carboxylic acids is 1. The Labute approximate surface area is 186 Å². The van der Waals surface area contributed by atoms with E-state index in [0.717, 1.165) is 11.1 Å². The Hall–Kier alpha value is -2.80. The van der Waals surface area contributed by atoms with E-state index in [9.17, 15) is 10.1 Å². The summed E-state index contributed by atoms with van der Waals surface area (Å²) in [5, 5.41) is 9.49. The summed E-state index contributed by atoms with van der Waals surface area (Å²) in [5.74, 6) is -2.15. The first kappa shape index (κ1) is 22.4. The van der Waals surface area contributed by atoms with Gasteiger partial charge in [0.15, 0.2) is 12.4 Å². The molecule has 2 fully saturated rings. The average Bonchev–Trinajstić information content (AvgIpc) is 3.18. The third kappa shape index (κ3) is 4.83. The topological polar surface area (TPSA) is 96.2 Å². The van der Waals surface area contributed by atoms with Crippen LogP contribution in [0.4, 0.5) is 0 Å². The minimum atomic E-state index is -1.53. The number of methoxy groups -OCH3 is 1. The van der Waals surface area contributed by atoms with Gasteiger partial charge < -0.3 is 28.4 Å². The van der Waals surface area contributed by atoms with Crippen LogP contribution in [0.5, 0.6) is 0 Å². The number of fused-ring (bicyclic) bond motifs is 1. The predicted octanol–water partition coefficient (Wildman–Crippen LogP) is 2.71. The maximum absolute atomic E-state index is 12.6. The third-order valence-electron chi connectivity index (χ3n) is 5.40. The van der Waals surface area contributed by atoms with E-state index in [2.05, 4.69) is 0 Å². The lowest BCUT2D eigenvalue weighted by Crippen LogP contribution is -2.60. The lowest BCUT2D eigenvalue weighted by atomic mass is 9.98. The Morgan fingerprint density at radius 3 is 2.06 bits per heavy atom. The van der Waals surface area contributed by atoms with Crippen LogP contribution >= 0.6 is 0 Å². The highest BCUT2D eigenvalue weighted by Crippen LogP contribution is 2.39. The normalized spacial score (nSPS) is 31.5. The molecule has 4 rings (SSSR count). The van der Waals surface area contributed by atoms with Gasteiger partial charge in [-0.1, -0.05) is 60.7 Å². The highest BCUT2D eigenvalue weighted by atomic mass is 16.8. The molecule has 2 saturated heterocycles. The highest BCUT2D eigenvalue weighted by molar-refractivity contribution is 5.75. The van der Waals surface area contributed by atoms with Crippen LogP contribution in [0.15, 0.2) is 60.7 Å². The third-order valence-corrected chi connectivity index (χ3v) is 5.40. The molecule has 0 spiro atoms. The molecular formula is C24H25NO7. The van der Waals surface area contributed by atoms with Crippen molar-refractivity contribution in [2.45, 2.75) is 56.6 Å². The second-order valence-electron chi connectivity index (χ2n) is 7.73. The zero-order valence-electron chi connectivity index (χ0n) is 17.9. The SMILES string of the molecule is COC(=O)[C@H]1O[C@@H]2OC(C)(C#N)O[C@@H]2[C@@H](OCc2ccccc2)[C@@H]1OCc1ccccc1. The van der Waals surface area contributed by atoms with Crippen LogP contribution in [0, 0.1) is 11.3 Å². The molecule has 0 amide bonds. The summed E-state index contributed by atoms with van der Waals surface area (Å²) in [6.07, 6.45) is -4.48. The van der Waals surface area contributed by atoms with E-state index in [4.69, 9.17) is 28.4 Å². The van der Waals surface area contributed by atoms with Crippen molar-refractivity contribution in [1.29, 1.82) is 5.26 Å². The summed E-state index contributed by atoms with van der Waals surface area (Å²) in [4.78, 5) is 12.6. The van der Waals surface area contributed by atoms with Gasteiger partial charge in [0.25, 0.3) is 5.79 Å². The molecule has 2 aliphatic rings. The highest BCUT2D eigenvalue weighted by Gasteiger charge is 2.59. The number of carbonyl (C=O) groups is 1. The Balaban J connectivity index is 1.61. The van der Waals surface area contributed by atoms with Crippen LogP contribution in [0.25, 0.3) is 0 Å². The van der Waals surface area contributed by atoms with Crippen molar-refractivity contribution in [3.05, 3.63) is 71.8 Å². The molecule has 0 N–H and O–H groups in total. The predicted molar refractivity (Wildman–Crippen MR) is 111 cm³/mol. The van der Waals surface area contributed by atoms with Gasteiger partial charge in [0.05, 0.1) is 20.3 Å². The minimum absolute atomic E-state index is 0.224. The van der Waals surface area contributed by atoms with E-state index in [-0.39, 0.29) is 13.2 Å². The molecule has 2 aromatic carbocycles. The van der Waals surface area contributed by atoms with Crippen LogP contribution in [0.3, 0.4) is 0 Å². The average molecular weight is 439 g/mol. The Bertz CT molecular complexity index is 948. The largest absolute Gasteiger partial charge is 0.467 e. The van der Waals surface area contributed by atoms with Crippen molar-refractivity contribution in [2.24, 2.45) is 0 Å². The minimum Gasteiger partial charge on any atom is -0.467 e. The summed E-state index contributed by atoms with van der Waals surface area (Å²) >= 11 is 0. The monoisotopic (exact) mass is 439 g/mol. The van der Waals surface area contributed by atoms with Gasteiger partial charge in [-0.15, -0.1) is 0 Å². The molecule has 6 atom stereocenters. The van der Waals surface area contributed by atoms with Gasteiger partial charge >= 0.3 is 5.97 Å². The van der Waals surface area contributed by atoms with E-state index in [1.54, 1.807) is 0 Å². The van der Waals surface area contributed by atoms with Gasteiger partial charge in [0.2, 0.25) is 0 Å². The fourth-order valence-electron chi connectivity index (χ4n) is 3.80. The second-order valence-corrected chi connectivity index (χ2v) is 7.73. The Kier molecular flexibility index (Phi) is 6.84. The van der Waals surface area contributed by atoms with E-state index >= 15 is 0 Å².